The van der Waals surface area contributed by atoms with Crippen LogP contribution in [0.25, 0.3) is 0 Å². The summed E-state index contributed by atoms with van der Waals surface area (Å²) in [6.07, 6.45) is 0.929. The number of hydrazine groups is 1. The monoisotopic (exact) mass is 490 g/mol. The minimum atomic E-state index is -4.64. The maximum Gasteiger partial charge on any atom is 0.416 e. The Morgan fingerprint density at radius 2 is 1.91 bits per heavy atom. The van der Waals surface area contributed by atoms with Gasteiger partial charge >= 0.3 is 18.8 Å². The number of benzene rings is 2. The van der Waals surface area contributed by atoms with Crippen molar-refractivity contribution in [3.05, 3.63) is 95.3 Å². The average Bonchev–Trinajstić information content (AvgIpc) is 2.83. The number of amides is 2. The smallest absolute Gasteiger partial charge is 0.416 e. The lowest BCUT2D eigenvalue weighted by Gasteiger charge is -2.28. The molecule has 35 heavy (non-hydrogen) atoms. The van der Waals surface area contributed by atoms with E-state index in [1.807, 2.05) is 6.07 Å². The van der Waals surface area contributed by atoms with E-state index in [1.54, 1.807) is 13.0 Å². The summed E-state index contributed by atoms with van der Waals surface area (Å²) in [5.74, 6) is -0.107. The summed E-state index contributed by atoms with van der Waals surface area (Å²) < 4.78 is 69.3. The van der Waals surface area contributed by atoms with E-state index in [0.29, 0.717) is 16.8 Å². The van der Waals surface area contributed by atoms with Gasteiger partial charge in [-0.15, -0.1) is 0 Å². The number of hydrogen-bond donors (Lipinski definition) is 2. The van der Waals surface area contributed by atoms with Crippen LogP contribution in [0.3, 0.4) is 0 Å². The van der Waals surface area contributed by atoms with Gasteiger partial charge in [0.2, 0.25) is 0 Å². The number of nitriles is 1. The Kier molecular flexibility index (Phi) is 7.76. The minimum Gasteiger partial charge on any atom is -0.435 e. The van der Waals surface area contributed by atoms with Crippen molar-refractivity contribution in [2.45, 2.75) is 25.8 Å². The van der Waals surface area contributed by atoms with Crippen LogP contribution in [0.5, 0.6) is 0 Å². The normalized spacial score (nSPS) is 16.5. The molecule has 1 aliphatic rings. The number of ether oxygens (including phenoxy) is 1. The Balaban J connectivity index is 1.90. The van der Waals surface area contributed by atoms with Gasteiger partial charge in [0.15, 0.2) is 0 Å². The fourth-order valence-electron chi connectivity index (χ4n) is 3.17. The molecule has 3 rings (SSSR count). The van der Waals surface area contributed by atoms with Crippen molar-refractivity contribution in [1.29, 1.82) is 5.26 Å². The van der Waals surface area contributed by atoms with E-state index in [-0.39, 0.29) is 11.4 Å². The van der Waals surface area contributed by atoms with Gasteiger partial charge in [0.25, 0.3) is 0 Å². The van der Waals surface area contributed by atoms with Crippen molar-refractivity contribution in [1.82, 2.24) is 5.32 Å². The zero-order valence-electron chi connectivity index (χ0n) is 18.2. The number of nitrogens with zero attached hydrogens (tertiary/aromatic N) is 2. The number of alkyl halides is 5. The van der Waals surface area contributed by atoms with E-state index in [1.165, 1.54) is 48.6 Å². The van der Waals surface area contributed by atoms with Crippen LogP contribution in [0.2, 0.25) is 0 Å². The maximum atomic E-state index is 13.3. The quantitative estimate of drug-likeness (QED) is 0.377. The van der Waals surface area contributed by atoms with Gasteiger partial charge in [-0.05, 0) is 67.1 Å². The molecule has 0 saturated carbocycles. The first-order valence-corrected chi connectivity index (χ1v) is 10.2. The highest BCUT2D eigenvalue weighted by Gasteiger charge is 2.32. The summed E-state index contributed by atoms with van der Waals surface area (Å²) in [5.41, 5.74) is 2.78. The van der Waals surface area contributed by atoms with Gasteiger partial charge in [0.1, 0.15) is 5.76 Å². The van der Waals surface area contributed by atoms with Gasteiger partial charge in [-0.3, -0.25) is 5.43 Å². The summed E-state index contributed by atoms with van der Waals surface area (Å²) in [6.45, 7) is -1.40. The number of rotatable bonds is 6. The summed E-state index contributed by atoms with van der Waals surface area (Å²) >= 11 is 0. The van der Waals surface area contributed by atoms with Crippen molar-refractivity contribution in [2.24, 2.45) is 0 Å². The van der Waals surface area contributed by atoms with Crippen LogP contribution in [-0.2, 0) is 10.9 Å². The van der Waals surface area contributed by atoms with E-state index in [4.69, 9.17) is 5.26 Å². The van der Waals surface area contributed by atoms with Crippen LogP contribution in [0.15, 0.2) is 84.2 Å². The standard InChI is InChI=1S/C24H19F5N4O2/c1-2-16-12-20(35-22(25)26)10-11-21(16)31-23(34)33(32-18-8-6-15(14-30)7-9-18)19-5-3-4-17(13-19)24(27,28)29/h2-13,21-22,32H,1H3,(H,31,34). The third-order valence-electron chi connectivity index (χ3n) is 4.85. The predicted molar refractivity (Wildman–Crippen MR) is 119 cm³/mol. The SMILES string of the molecule is CC=C1C=C(OC(F)F)C=CC1NC(=O)N(Nc1ccc(C#N)cc1)c1cccc(C(F)(F)F)c1. The van der Waals surface area contributed by atoms with Crippen molar-refractivity contribution >= 4 is 17.4 Å². The van der Waals surface area contributed by atoms with E-state index in [0.717, 1.165) is 23.2 Å². The van der Waals surface area contributed by atoms with Crippen LogP contribution in [0.4, 0.5) is 38.1 Å². The highest BCUT2D eigenvalue weighted by molar-refractivity contribution is 5.94. The molecular weight excluding hydrogens is 471 g/mol. The van der Waals surface area contributed by atoms with Crippen LogP contribution in [0, 0.1) is 11.3 Å². The number of carbonyl (C=O) groups is 1. The zero-order valence-corrected chi connectivity index (χ0v) is 18.2. The number of hydrogen-bond acceptors (Lipinski definition) is 4. The Hall–Kier alpha value is -4.33. The maximum absolute atomic E-state index is 13.3. The molecule has 1 aliphatic carbocycles. The second-order valence-corrected chi connectivity index (χ2v) is 7.18. The molecule has 2 aromatic rings. The van der Waals surface area contributed by atoms with Crippen LogP contribution < -0.4 is 15.8 Å². The molecule has 0 saturated heterocycles. The van der Waals surface area contributed by atoms with Gasteiger partial charge in [0.05, 0.1) is 34.6 Å². The third-order valence-corrected chi connectivity index (χ3v) is 4.85. The number of allylic oxidation sites excluding steroid dienone is 2. The van der Waals surface area contributed by atoms with Crippen molar-refractivity contribution in [2.75, 3.05) is 10.4 Å². The molecule has 0 radical (unpaired) electrons. The zero-order chi connectivity index (χ0) is 25.6. The number of anilines is 2. The lowest BCUT2D eigenvalue weighted by molar-refractivity contribution is -0.137. The Morgan fingerprint density at radius 1 is 1.20 bits per heavy atom. The fraction of sp³-hybridized carbons (Fsp3) is 0.167. The molecule has 0 heterocycles. The van der Waals surface area contributed by atoms with Gasteiger partial charge in [-0.2, -0.15) is 27.2 Å². The highest BCUT2D eigenvalue weighted by atomic mass is 19.4. The Bertz CT molecular complexity index is 1200. The van der Waals surface area contributed by atoms with Crippen LogP contribution in [0.1, 0.15) is 18.1 Å². The van der Waals surface area contributed by atoms with Crippen molar-refractivity contribution in [3.8, 4) is 6.07 Å². The van der Waals surface area contributed by atoms with Crippen LogP contribution >= 0.6 is 0 Å². The Labute approximate surface area is 197 Å². The van der Waals surface area contributed by atoms with E-state index >= 15 is 0 Å². The van der Waals surface area contributed by atoms with Crippen LogP contribution in [-0.4, -0.2) is 18.7 Å². The Morgan fingerprint density at radius 3 is 2.51 bits per heavy atom. The average molecular weight is 490 g/mol. The molecule has 2 N–H and O–H groups in total. The van der Waals surface area contributed by atoms with Crippen molar-refractivity contribution in [3.63, 3.8) is 0 Å². The fourth-order valence-corrected chi connectivity index (χ4v) is 3.17. The van der Waals surface area contributed by atoms with E-state index in [2.05, 4.69) is 15.5 Å². The lowest BCUT2D eigenvalue weighted by Crippen LogP contribution is -2.48. The topological polar surface area (TPSA) is 77.4 Å². The highest BCUT2D eigenvalue weighted by Crippen LogP contribution is 2.32. The molecule has 2 amide bonds. The first kappa shape index (κ1) is 25.3. The molecule has 1 atom stereocenters. The summed E-state index contributed by atoms with van der Waals surface area (Å²) in [5, 5.41) is 12.5. The molecule has 1 unspecified atom stereocenters. The number of halogens is 5. The lowest BCUT2D eigenvalue weighted by atomic mass is 10.0. The summed E-state index contributed by atoms with van der Waals surface area (Å²) in [4.78, 5) is 13.2. The first-order chi connectivity index (χ1) is 16.6. The number of carbonyl (C=O) groups excluding carboxylic acids is 1. The summed E-state index contributed by atoms with van der Waals surface area (Å²) in [7, 11) is 0. The molecule has 0 fully saturated rings. The predicted octanol–water partition coefficient (Wildman–Crippen LogP) is 6.13. The largest absolute Gasteiger partial charge is 0.435 e. The molecule has 0 spiro atoms. The van der Waals surface area contributed by atoms with E-state index in [9.17, 15) is 26.7 Å². The third kappa shape index (κ3) is 6.60. The first-order valence-electron chi connectivity index (χ1n) is 10.2. The number of nitrogens with one attached hydrogen (secondary N) is 2. The second kappa shape index (κ2) is 10.7. The molecule has 6 nitrogen and oxygen atoms in total. The minimum absolute atomic E-state index is 0.107. The van der Waals surface area contributed by atoms with Gasteiger partial charge in [-0.1, -0.05) is 18.2 Å². The van der Waals surface area contributed by atoms with Gasteiger partial charge < -0.3 is 10.1 Å². The molecular formula is C24H19F5N4O2. The molecule has 0 aliphatic heterocycles. The summed E-state index contributed by atoms with van der Waals surface area (Å²) in [6, 6.07) is 10.4. The van der Waals surface area contributed by atoms with Crippen molar-refractivity contribution < 1.29 is 31.5 Å². The van der Waals surface area contributed by atoms with Gasteiger partial charge in [-0.25, -0.2) is 9.80 Å². The molecule has 2 aromatic carbocycles. The molecule has 0 aromatic heterocycles. The van der Waals surface area contributed by atoms with E-state index < -0.39 is 30.4 Å². The number of urea groups is 1. The van der Waals surface area contributed by atoms with Gasteiger partial charge in [0, 0.05) is 0 Å². The second-order valence-electron chi connectivity index (χ2n) is 7.18. The molecule has 11 heteroatoms. The molecule has 182 valence electrons. The molecule has 0 bridgehead atoms.